The Labute approximate surface area is 65.9 Å². The van der Waals surface area contributed by atoms with Crippen LogP contribution in [0.3, 0.4) is 0 Å². The lowest BCUT2D eigenvalue weighted by Crippen LogP contribution is -2.34. The molecule has 1 unspecified atom stereocenters. The first-order valence-electron chi connectivity index (χ1n) is 3.31. The van der Waals surface area contributed by atoms with E-state index >= 15 is 0 Å². The number of hydrogen-bond donors (Lipinski definition) is 1. The third kappa shape index (κ3) is 1.57. The number of rotatable bonds is 1. The first-order chi connectivity index (χ1) is 5.43. The van der Waals surface area contributed by atoms with E-state index in [0.717, 1.165) is 0 Å². The maximum Gasteiger partial charge on any atom is 0.450 e. The molecule has 1 aliphatic rings. The lowest BCUT2D eigenvalue weighted by atomic mass is 10.0. The highest BCUT2D eigenvalue weighted by molar-refractivity contribution is 6.04. The summed E-state index contributed by atoms with van der Waals surface area (Å²) in [5.74, 6) is -4.29. The second kappa shape index (κ2) is 2.76. The highest BCUT2D eigenvalue weighted by Gasteiger charge is 2.47. The summed E-state index contributed by atoms with van der Waals surface area (Å²) in [4.78, 5) is 21.1. The number of nitrogens with one attached hydrogen (secondary N) is 1. The van der Waals surface area contributed by atoms with Crippen LogP contribution in [0.4, 0.5) is 13.2 Å². The second-order valence-corrected chi connectivity index (χ2v) is 2.49. The Bertz CT molecular complexity index is 223. The average molecular weight is 181 g/mol. The Morgan fingerprint density at radius 1 is 1.50 bits per heavy atom. The number of amides is 1. The lowest BCUT2D eigenvalue weighted by molar-refractivity contribution is -0.176. The summed E-state index contributed by atoms with van der Waals surface area (Å²) in [5.41, 5.74) is 0. The second-order valence-electron chi connectivity index (χ2n) is 2.49. The Morgan fingerprint density at radius 3 is 2.42 bits per heavy atom. The van der Waals surface area contributed by atoms with Crippen molar-refractivity contribution in [2.45, 2.75) is 12.6 Å². The summed E-state index contributed by atoms with van der Waals surface area (Å²) in [6.45, 7) is 0.144. The fourth-order valence-electron chi connectivity index (χ4n) is 1.04. The van der Waals surface area contributed by atoms with E-state index in [1.807, 2.05) is 0 Å². The quantitative estimate of drug-likeness (QED) is 0.589. The molecule has 0 saturated carbocycles. The smallest absolute Gasteiger partial charge is 0.355 e. The third-order valence-corrected chi connectivity index (χ3v) is 1.64. The maximum atomic E-state index is 11.7. The van der Waals surface area contributed by atoms with Gasteiger partial charge in [0.2, 0.25) is 11.7 Å². The largest absolute Gasteiger partial charge is 0.450 e. The van der Waals surface area contributed by atoms with E-state index in [0.29, 0.717) is 0 Å². The van der Waals surface area contributed by atoms with Gasteiger partial charge in [0.25, 0.3) is 0 Å². The van der Waals surface area contributed by atoms with E-state index in [9.17, 15) is 22.8 Å². The minimum Gasteiger partial charge on any atom is -0.355 e. The highest BCUT2D eigenvalue weighted by atomic mass is 19.4. The number of carbonyl (C=O) groups excluding carboxylic acids is 2. The van der Waals surface area contributed by atoms with Gasteiger partial charge in [0, 0.05) is 6.54 Å². The molecular weight excluding hydrogens is 175 g/mol. The zero-order valence-electron chi connectivity index (χ0n) is 5.94. The standard InChI is InChI=1S/C6H6F3NO2/c7-6(8,9)4(11)3-1-2-10-5(3)12/h3H,1-2H2,(H,10,12). The first-order valence-corrected chi connectivity index (χ1v) is 3.31. The first kappa shape index (κ1) is 9.02. The molecule has 1 N–H and O–H groups in total. The number of halogens is 3. The van der Waals surface area contributed by atoms with Gasteiger partial charge in [-0.05, 0) is 6.42 Å². The van der Waals surface area contributed by atoms with Crippen molar-refractivity contribution >= 4 is 11.7 Å². The van der Waals surface area contributed by atoms with E-state index in [1.165, 1.54) is 0 Å². The number of ketones is 1. The zero-order chi connectivity index (χ0) is 9.35. The van der Waals surface area contributed by atoms with Crippen LogP contribution in [0.15, 0.2) is 0 Å². The van der Waals surface area contributed by atoms with Crippen molar-refractivity contribution in [2.24, 2.45) is 5.92 Å². The minimum absolute atomic E-state index is 0.0584. The third-order valence-electron chi connectivity index (χ3n) is 1.64. The SMILES string of the molecule is O=C1NCCC1C(=O)C(F)(F)F. The fraction of sp³-hybridized carbons (Fsp3) is 0.667. The molecule has 0 radical (unpaired) electrons. The molecule has 0 aromatic carbocycles. The topological polar surface area (TPSA) is 46.2 Å². The summed E-state index contributed by atoms with van der Waals surface area (Å²) in [5, 5.41) is 2.16. The molecule has 1 aliphatic heterocycles. The van der Waals surface area contributed by atoms with Gasteiger partial charge in [0.1, 0.15) is 5.92 Å². The van der Waals surface area contributed by atoms with Crippen molar-refractivity contribution in [3.63, 3.8) is 0 Å². The fourth-order valence-corrected chi connectivity index (χ4v) is 1.04. The number of hydrogen-bond acceptors (Lipinski definition) is 2. The van der Waals surface area contributed by atoms with Gasteiger partial charge in [-0.3, -0.25) is 9.59 Å². The maximum absolute atomic E-state index is 11.7. The molecule has 0 aromatic rings. The van der Waals surface area contributed by atoms with Crippen LogP contribution >= 0.6 is 0 Å². The molecule has 1 saturated heterocycles. The molecule has 1 heterocycles. The van der Waals surface area contributed by atoms with Crippen LogP contribution in [0.2, 0.25) is 0 Å². The van der Waals surface area contributed by atoms with Crippen molar-refractivity contribution < 1.29 is 22.8 Å². The Morgan fingerprint density at radius 2 is 2.08 bits per heavy atom. The van der Waals surface area contributed by atoms with Gasteiger partial charge in [-0.15, -0.1) is 0 Å². The molecule has 1 rings (SSSR count). The molecule has 1 fully saturated rings. The van der Waals surface area contributed by atoms with Gasteiger partial charge in [0.05, 0.1) is 0 Å². The number of carbonyl (C=O) groups is 2. The van der Waals surface area contributed by atoms with Crippen LogP contribution in [-0.4, -0.2) is 24.4 Å². The molecule has 1 atom stereocenters. The molecule has 0 spiro atoms. The summed E-state index contributed by atoms with van der Waals surface area (Å²) in [6, 6.07) is 0. The van der Waals surface area contributed by atoms with Crippen LogP contribution in [0.25, 0.3) is 0 Å². The zero-order valence-corrected chi connectivity index (χ0v) is 5.94. The van der Waals surface area contributed by atoms with Gasteiger partial charge in [-0.2, -0.15) is 13.2 Å². The van der Waals surface area contributed by atoms with Crippen LogP contribution < -0.4 is 5.32 Å². The van der Waals surface area contributed by atoms with Crippen LogP contribution in [0, 0.1) is 5.92 Å². The van der Waals surface area contributed by atoms with Crippen molar-refractivity contribution in [1.82, 2.24) is 5.32 Å². The number of Topliss-reactive ketones (excluding diaryl/α,β-unsaturated/α-hetero) is 1. The van der Waals surface area contributed by atoms with Gasteiger partial charge in [0.15, 0.2) is 0 Å². The molecule has 0 bridgehead atoms. The van der Waals surface area contributed by atoms with Gasteiger partial charge in [-0.25, -0.2) is 0 Å². The molecule has 0 aromatic heterocycles. The molecule has 12 heavy (non-hydrogen) atoms. The van der Waals surface area contributed by atoms with E-state index < -0.39 is 23.8 Å². The number of alkyl halides is 3. The van der Waals surface area contributed by atoms with Crippen molar-refractivity contribution in [2.75, 3.05) is 6.54 Å². The van der Waals surface area contributed by atoms with E-state index in [-0.39, 0.29) is 13.0 Å². The molecule has 6 heteroatoms. The summed E-state index contributed by atoms with van der Waals surface area (Å²) < 4.78 is 35.2. The van der Waals surface area contributed by atoms with Crippen molar-refractivity contribution in [3.8, 4) is 0 Å². The molecule has 1 amide bonds. The van der Waals surface area contributed by atoms with Crippen molar-refractivity contribution in [3.05, 3.63) is 0 Å². The molecule has 68 valence electrons. The predicted molar refractivity (Wildman–Crippen MR) is 32.2 cm³/mol. The van der Waals surface area contributed by atoms with Gasteiger partial charge < -0.3 is 5.32 Å². The van der Waals surface area contributed by atoms with Gasteiger partial charge in [-0.1, -0.05) is 0 Å². The minimum atomic E-state index is -4.90. The summed E-state index contributed by atoms with van der Waals surface area (Å²) in [7, 11) is 0. The average Bonchev–Trinajstić information content (AvgIpc) is 2.31. The predicted octanol–water partition coefficient (Wildman–Crippen LogP) is 0.254. The lowest BCUT2D eigenvalue weighted by Gasteiger charge is -2.07. The highest BCUT2D eigenvalue weighted by Crippen LogP contribution is 2.24. The molecule has 3 nitrogen and oxygen atoms in total. The van der Waals surface area contributed by atoms with Crippen LogP contribution in [0.5, 0.6) is 0 Å². The summed E-state index contributed by atoms with van der Waals surface area (Å²) in [6.07, 6.45) is -4.95. The monoisotopic (exact) mass is 181 g/mol. The summed E-state index contributed by atoms with van der Waals surface area (Å²) >= 11 is 0. The normalized spacial score (nSPS) is 23.9. The van der Waals surface area contributed by atoms with E-state index in [1.54, 1.807) is 0 Å². The van der Waals surface area contributed by atoms with E-state index in [4.69, 9.17) is 0 Å². The van der Waals surface area contributed by atoms with Crippen LogP contribution in [-0.2, 0) is 9.59 Å². The van der Waals surface area contributed by atoms with Crippen molar-refractivity contribution in [1.29, 1.82) is 0 Å². The van der Waals surface area contributed by atoms with E-state index in [2.05, 4.69) is 5.32 Å². The van der Waals surface area contributed by atoms with Gasteiger partial charge >= 0.3 is 6.18 Å². The van der Waals surface area contributed by atoms with Crippen LogP contribution in [0.1, 0.15) is 6.42 Å². The Balaban J connectivity index is 2.71. The molecular formula is C6H6F3NO2. The Hall–Kier alpha value is -1.07. The molecule has 0 aliphatic carbocycles. The Kier molecular flexibility index (Phi) is 2.08.